The van der Waals surface area contributed by atoms with E-state index < -0.39 is 11.4 Å². The number of carbonyl (C=O) groups excluding carboxylic acids is 1. The first kappa shape index (κ1) is 12.2. The summed E-state index contributed by atoms with van der Waals surface area (Å²) in [6.07, 6.45) is 1.07. The van der Waals surface area contributed by atoms with Gasteiger partial charge in [-0.1, -0.05) is 37.0 Å². The number of esters is 1. The van der Waals surface area contributed by atoms with Gasteiger partial charge in [0.05, 0.1) is 5.03 Å². The Morgan fingerprint density at radius 2 is 2.14 bits per heavy atom. The maximum absolute atomic E-state index is 11.0. The first-order valence-corrected chi connectivity index (χ1v) is 6.20. The van der Waals surface area contributed by atoms with Crippen molar-refractivity contribution < 1.29 is 9.53 Å². The Hall–Kier alpha value is 0.140. The number of ether oxygens (including phenoxy) is 1. The Bertz CT molecular complexity index is 264. The Labute approximate surface area is 98.0 Å². The molecular weight excluding hydrogens is 243 g/mol. The largest absolute Gasteiger partial charge is 0.441 e. The summed E-state index contributed by atoms with van der Waals surface area (Å²) in [4.78, 5) is 11.0. The number of thioether (sulfide) groups is 1. The third kappa shape index (κ3) is 3.07. The summed E-state index contributed by atoms with van der Waals surface area (Å²) < 4.78 is 4.95. The highest BCUT2D eigenvalue weighted by molar-refractivity contribution is 8.00. The molecule has 0 fully saturated rings. The Balaban J connectivity index is 2.38. The predicted octanol–water partition coefficient (Wildman–Crippen LogP) is 3.34. The molecule has 1 rings (SSSR count). The molecule has 0 amide bonds. The van der Waals surface area contributed by atoms with E-state index >= 15 is 0 Å². The maximum atomic E-state index is 11.0. The average Bonchev–Trinajstić information content (AvgIpc) is 2.33. The van der Waals surface area contributed by atoms with Gasteiger partial charge in [0.15, 0.2) is 5.44 Å². The van der Waals surface area contributed by atoms with Crippen LogP contribution in [0.15, 0.2) is 10.1 Å². The fraction of sp³-hybridized carbons (Fsp3) is 0.667. The van der Waals surface area contributed by atoms with Crippen LogP contribution in [0.4, 0.5) is 0 Å². The summed E-state index contributed by atoms with van der Waals surface area (Å²) in [5.41, 5.74) is -0.393. The Morgan fingerprint density at radius 1 is 1.50 bits per heavy atom. The van der Waals surface area contributed by atoms with E-state index in [0.29, 0.717) is 11.0 Å². The van der Waals surface area contributed by atoms with Gasteiger partial charge in [-0.25, -0.2) is 4.79 Å². The molecule has 0 saturated heterocycles. The number of hydrogen-bond donors (Lipinski definition) is 0. The molecule has 0 aromatic carbocycles. The minimum atomic E-state index is -0.515. The molecule has 2 nitrogen and oxygen atoms in total. The first-order chi connectivity index (χ1) is 6.52. The zero-order valence-electron chi connectivity index (χ0n) is 8.05. The van der Waals surface area contributed by atoms with Crippen LogP contribution in [0.3, 0.4) is 0 Å². The molecule has 1 unspecified atom stereocenters. The van der Waals surface area contributed by atoms with Crippen LogP contribution in [-0.2, 0) is 9.53 Å². The second-order valence-electron chi connectivity index (χ2n) is 3.45. The summed E-state index contributed by atoms with van der Waals surface area (Å²) in [5.74, 6) is 1.03. The van der Waals surface area contributed by atoms with E-state index in [0.717, 1.165) is 12.2 Å². The molecule has 0 aromatic rings. The highest BCUT2D eigenvalue weighted by atomic mass is 35.5. The van der Waals surface area contributed by atoms with Crippen molar-refractivity contribution in [2.75, 3.05) is 5.75 Å². The van der Waals surface area contributed by atoms with Gasteiger partial charge in [-0.05, 0) is 18.1 Å². The van der Waals surface area contributed by atoms with Crippen molar-refractivity contribution in [3.63, 3.8) is 0 Å². The lowest BCUT2D eigenvalue weighted by Gasteiger charge is -2.10. The summed E-state index contributed by atoms with van der Waals surface area (Å²) in [7, 11) is 0. The minimum Gasteiger partial charge on any atom is -0.441 e. The van der Waals surface area contributed by atoms with Gasteiger partial charge in [-0.15, -0.1) is 11.8 Å². The fourth-order valence-corrected chi connectivity index (χ4v) is 2.68. The molecule has 0 aliphatic carbocycles. The second kappa shape index (κ2) is 5.29. The average molecular weight is 255 g/mol. The van der Waals surface area contributed by atoms with Crippen LogP contribution in [0.25, 0.3) is 0 Å². The molecule has 1 heterocycles. The summed E-state index contributed by atoms with van der Waals surface area (Å²) in [6.45, 7) is 4.29. The van der Waals surface area contributed by atoms with E-state index in [-0.39, 0.29) is 5.03 Å². The predicted molar refractivity (Wildman–Crippen MR) is 60.5 cm³/mol. The molecule has 0 bridgehead atoms. The SMILES string of the molecule is CC(C)CCSC1OC(=O)C(Cl)=C1Cl. The third-order valence-electron chi connectivity index (χ3n) is 1.77. The fourth-order valence-electron chi connectivity index (χ4n) is 0.920. The number of cyclic esters (lactones) is 1. The van der Waals surface area contributed by atoms with Crippen molar-refractivity contribution in [3.05, 3.63) is 10.1 Å². The molecule has 80 valence electrons. The summed E-state index contributed by atoms with van der Waals surface area (Å²) in [6, 6.07) is 0. The van der Waals surface area contributed by atoms with E-state index in [4.69, 9.17) is 27.9 Å². The van der Waals surface area contributed by atoms with E-state index in [9.17, 15) is 4.79 Å². The molecule has 0 aromatic heterocycles. The second-order valence-corrected chi connectivity index (χ2v) is 5.41. The smallest absolute Gasteiger partial charge is 0.352 e. The van der Waals surface area contributed by atoms with E-state index in [1.54, 1.807) is 0 Å². The molecule has 0 spiro atoms. The normalized spacial score (nSPS) is 22.1. The van der Waals surface area contributed by atoms with Gasteiger partial charge in [-0.2, -0.15) is 0 Å². The number of halogens is 2. The standard InChI is InChI=1S/C9H12Cl2O2S/c1-5(2)3-4-14-9-7(11)6(10)8(12)13-9/h5,9H,3-4H2,1-2H3. The Kier molecular flexibility index (Phi) is 4.61. The van der Waals surface area contributed by atoms with Gasteiger partial charge in [0, 0.05) is 0 Å². The van der Waals surface area contributed by atoms with Gasteiger partial charge in [0.25, 0.3) is 0 Å². The zero-order chi connectivity index (χ0) is 10.7. The number of carbonyl (C=O) groups is 1. The van der Waals surface area contributed by atoms with E-state index in [1.807, 2.05) is 0 Å². The van der Waals surface area contributed by atoms with Crippen molar-refractivity contribution in [3.8, 4) is 0 Å². The molecule has 0 radical (unpaired) electrons. The third-order valence-corrected chi connectivity index (χ3v) is 3.85. The van der Waals surface area contributed by atoms with Crippen LogP contribution in [0.1, 0.15) is 20.3 Å². The molecule has 1 aliphatic heterocycles. The maximum Gasteiger partial charge on any atom is 0.352 e. The molecule has 1 aliphatic rings. The van der Waals surface area contributed by atoms with Crippen molar-refractivity contribution in [1.82, 2.24) is 0 Å². The lowest BCUT2D eigenvalue weighted by molar-refractivity contribution is -0.136. The zero-order valence-corrected chi connectivity index (χ0v) is 10.4. The Morgan fingerprint density at radius 3 is 2.57 bits per heavy atom. The molecule has 1 atom stereocenters. The van der Waals surface area contributed by atoms with E-state index in [2.05, 4.69) is 13.8 Å². The summed E-state index contributed by atoms with van der Waals surface area (Å²) in [5, 5.41) is 0.346. The van der Waals surface area contributed by atoms with Crippen LogP contribution in [0, 0.1) is 5.92 Å². The van der Waals surface area contributed by atoms with Crippen molar-refractivity contribution >= 4 is 40.9 Å². The van der Waals surface area contributed by atoms with Crippen LogP contribution in [0.5, 0.6) is 0 Å². The van der Waals surface area contributed by atoms with Crippen molar-refractivity contribution in [2.45, 2.75) is 25.7 Å². The lowest BCUT2D eigenvalue weighted by atomic mass is 10.2. The van der Waals surface area contributed by atoms with Crippen molar-refractivity contribution in [1.29, 1.82) is 0 Å². The highest BCUT2D eigenvalue weighted by Crippen LogP contribution is 2.35. The number of hydrogen-bond acceptors (Lipinski definition) is 3. The molecule has 0 saturated carbocycles. The first-order valence-electron chi connectivity index (χ1n) is 4.40. The summed E-state index contributed by atoms with van der Waals surface area (Å²) >= 11 is 12.9. The van der Waals surface area contributed by atoms with Crippen LogP contribution in [-0.4, -0.2) is 17.2 Å². The van der Waals surface area contributed by atoms with Gasteiger partial charge in [0.2, 0.25) is 0 Å². The van der Waals surface area contributed by atoms with Crippen LogP contribution < -0.4 is 0 Å². The van der Waals surface area contributed by atoms with Gasteiger partial charge in [0.1, 0.15) is 5.03 Å². The topological polar surface area (TPSA) is 26.3 Å². The molecule has 0 N–H and O–H groups in total. The van der Waals surface area contributed by atoms with Crippen LogP contribution >= 0.6 is 35.0 Å². The van der Waals surface area contributed by atoms with Crippen molar-refractivity contribution in [2.24, 2.45) is 5.92 Å². The van der Waals surface area contributed by atoms with E-state index in [1.165, 1.54) is 11.8 Å². The quantitative estimate of drug-likeness (QED) is 0.721. The minimum absolute atomic E-state index is 0.0220. The van der Waals surface area contributed by atoms with Gasteiger partial charge < -0.3 is 4.74 Å². The van der Waals surface area contributed by atoms with Gasteiger partial charge in [-0.3, -0.25) is 0 Å². The molecule has 14 heavy (non-hydrogen) atoms. The highest BCUT2D eigenvalue weighted by Gasteiger charge is 2.32. The lowest BCUT2D eigenvalue weighted by Crippen LogP contribution is -2.06. The van der Waals surface area contributed by atoms with Gasteiger partial charge >= 0.3 is 5.97 Å². The molecular formula is C9H12Cl2O2S. The number of rotatable bonds is 4. The monoisotopic (exact) mass is 254 g/mol. The molecule has 5 heteroatoms. The van der Waals surface area contributed by atoms with Crippen LogP contribution in [0.2, 0.25) is 0 Å².